The maximum absolute atomic E-state index is 12.4. The fraction of sp³-hybridized carbons (Fsp3) is 0.0714. The summed E-state index contributed by atoms with van der Waals surface area (Å²) in [7, 11) is -3.82. The van der Waals surface area contributed by atoms with Crippen molar-refractivity contribution in [3.05, 3.63) is 56.5 Å². The predicted molar refractivity (Wildman–Crippen MR) is 92.3 cm³/mol. The average molecular weight is 448 g/mol. The quantitative estimate of drug-likeness (QED) is 0.752. The van der Waals surface area contributed by atoms with Gasteiger partial charge in [0.1, 0.15) is 0 Å². The van der Waals surface area contributed by atoms with Crippen LogP contribution in [0.25, 0.3) is 0 Å². The van der Waals surface area contributed by atoms with Gasteiger partial charge >= 0.3 is 0 Å². The minimum atomic E-state index is -3.82. The van der Waals surface area contributed by atoms with Crippen molar-refractivity contribution < 1.29 is 13.2 Å². The molecule has 0 aliphatic rings. The molecule has 2 rings (SSSR count). The van der Waals surface area contributed by atoms with Crippen LogP contribution in [-0.2, 0) is 10.0 Å². The molecular formula is C14H12Br2N2O3S. The largest absolute Gasteiger partial charge is 0.366 e. The van der Waals surface area contributed by atoms with Crippen LogP contribution >= 0.6 is 31.9 Å². The second kappa shape index (κ2) is 6.39. The van der Waals surface area contributed by atoms with Crippen LogP contribution in [0.15, 0.2) is 50.2 Å². The third-order valence-corrected chi connectivity index (χ3v) is 5.34. The Morgan fingerprint density at radius 2 is 1.73 bits per heavy atom. The number of benzene rings is 2. The zero-order valence-corrected chi connectivity index (χ0v) is 15.4. The van der Waals surface area contributed by atoms with Gasteiger partial charge in [-0.05, 0) is 47.1 Å². The van der Waals surface area contributed by atoms with Crippen molar-refractivity contribution in [2.45, 2.75) is 11.8 Å². The molecule has 0 spiro atoms. The molecule has 5 nitrogen and oxygen atoms in total. The minimum Gasteiger partial charge on any atom is -0.366 e. The predicted octanol–water partition coefficient (Wildman–Crippen LogP) is 3.42. The van der Waals surface area contributed by atoms with E-state index in [1.165, 1.54) is 18.2 Å². The molecule has 3 N–H and O–H groups in total. The second-order valence-corrected chi connectivity index (χ2v) is 8.05. The lowest BCUT2D eigenvalue weighted by Gasteiger charge is -2.13. The number of hydrogen-bond acceptors (Lipinski definition) is 3. The number of nitrogens with two attached hydrogens (primary N) is 1. The van der Waals surface area contributed by atoms with Gasteiger partial charge in [0.15, 0.2) is 0 Å². The van der Waals surface area contributed by atoms with Crippen molar-refractivity contribution in [2.24, 2.45) is 5.73 Å². The summed E-state index contributed by atoms with van der Waals surface area (Å²) in [5, 5.41) is 0. The Kier molecular flexibility index (Phi) is 4.93. The first-order chi connectivity index (χ1) is 10.2. The summed E-state index contributed by atoms with van der Waals surface area (Å²) in [5.74, 6) is -0.733. The van der Waals surface area contributed by atoms with Crippen LogP contribution < -0.4 is 10.5 Å². The Labute approximate surface area is 145 Å². The molecule has 2 aromatic rings. The molecule has 0 unspecified atom stereocenters. The van der Waals surface area contributed by atoms with E-state index in [9.17, 15) is 13.2 Å². The van der Waals surface area contributed by atoms with E-state index >= 15 is 0 Å². The fourth-order valence-electron chi connectivity index (χ4n) is 1.78. The number of carbonyl (C=O) groups is 1. The number of primary amides is 1. The molecule has 2 aromatic carbocycles. The maximum Gasteiger partial charge on any atom is 0.261 e. The third kappa shape index (κ3) is 3.68. The summed E-state index contributed by atoms with van der Waals surface area (Å²) in [6.45, 7) is 1.86. The highest BCUT2D eigenvalue weighted by Crippen LogP contribution is 2.32. The van der Waals surface area contributed by atoms with Crippen molar-refractivity contribution in [1.29, 1.82) is 0 Å². The molecule has 0 saturated heterocycles. The SMILES string of the molecule is Cc1ccc(S(=O)(=O)Nc2c(Br)cc(Br)cc2C(N)=O)cc1. The number of aryl methyl sites for hydroxylation is 1. The zero-order valence-electron chi connectivity index (χ0n) is 11.4. The Hall–Kier alpha value is -1.38. The minimum absolute atomic E-state index is 0.0666. The van der Waals surface area contributed by atoms with Crippen LogP contribution in [0.1, 0.15) is 15.9 Å². The summed E-state index contributed by atoms with van der Waals surface area (Å²) in [6.07, 6.45) is 0. The van der Waals surface area contributed by atoms with E-state index in [-0.39, 0.29) is 16.1 Å². The molecule has 0 saturated carbocycles. The van der Waals surface area contributed by atoms with E-state index in [2.05, 4.69) is 36.6 Å². The molecular weight excluding hydrogens is 436 g/mol. The molecule has 8 heteroatoms. The van der Waals surface area contributed by atoms with Gasteiger partial charge in [-0.15, -0.1) is 0 Å². The standard InChI is InChI=1S/C14H12Br2N2O3S/c1-8-2-4-10(5-3-8)22(20,21)18-13-11(14(17)19)6-9(15)7-12(13)16/h2-7,18H,1H3,(H2,17,19). The highest BCUT2D eigenvalue weighted by Gasteiger charge is 2.20. The van der Waals surface area contributed by atoms with Gasteiger partial charge in [0.25, 0.3) is 15.9 Å². The first-order valence-electron chi connectivity index (χ1n) is 6.09. The van der Waals surface area contributed by atoms with E-state index in [1.807, 2.05) is 6.92 Å². The van der Waals surface area contributed by atoms with E-state index in [0.717, 1.165) is 5.56 Å². The first-order valence-corrected chi connectivity index (χ1v) is 9.16. The molecule has 116 valence electrons. The van der Waals surface area contributed by atoms with Gasteiger partial charge in [-0.3, -0.25) is 9.52 Å². The smallest absolute Gasteiger partial charge is 0.261 e. The Morgan fingerprint density at radius 1 is 1.14 bits per heavy atom. The molecule has 1 amide bonds. The summed E-state index contributed by atoms with van der Waals surface area (Å²) in [4.78, 5) is 11.6. The summed E-state index contributed by atoms with van der Waals surface area (Å²) in [6, 6.07) is 9.46. The van der Waals surface area contributed by atoms with Crippen LogP contribution in [0.3, 0.4) is 0 Å². The van der Waals surface area contributed by atoms with Gasteiger partial charge in [-0.25, -0.2) is 8.42 Å². The van der Waals surface area contributed by atoms with E-state index < -0.39 is 15.9 Å². The number of halogens is 2. The molecule has 0 bridgehead atoms. The van der Waals surface area contributed by atoms with Crippen molar-refractivity contribution in [3.63, 3.8) is 0 Å². The van der Waals surface area contributed by atoms with Crippen LogP contribution in [-0.4, -0.2) is 14.3 Å². The topological polar surface area (TPSA) is 89.3 Å². The number of carbonyl (C=O) groups excluding carboxylic acids is 1. The molecule has 0 fully saturated rings. The number of amides is 1. The fourth-order valence-corrected chi connectivity index (χ4v) is 4.34. The molecule has 0 atom stereocenters. The van der Waals surface area contributed by atoms with Crippen LogP contribution in [0.5, 0.6) is 0 Å². The van der Waals surface area contributed by atoms with Gasteiger partial charge in [0.05, 0.1) is 16.1 Å². The van der Waals surface area contributed by atoms with E-state index in [4.69, 9.17) is 5.73 Å². The highest BCUT2D eigenvalue weighted by atomic mass is 79.9. The number of anilines is 1. The number of hydrogen-bond donors (Lipinski definition) is 2. The van der Waals surface area contributed by atoms with Crippen LogP contribution in [0, 0.1) is 6.92 Å². The lowest BCUT2D eigenvalue weighted by molar-refractivity contribution is 0.100. The zero-order chi connectivity index (χ0) is 16.5. The van der Waals surface area contributed by atoms with Gasteiger partial charge < -0.3 is 5.73 Å². The summed E-state index contributed by atoms with van der Waals surface area (Å²) >= 11 is 6.47. The maximum atomic E-state index is 12.4. The van der Waals surface area contributed by atoms with Crippen molar-refractivity contribution in [2.75, 3.05) is 4.72 Å². The van der Waals surface area contributed by atoms with Crippen LogP contribution in [0.4, 0.5) is 5.69 Å². The Morgan fingerprint density at radius 3 is 2.27 bits per heavy atom. The monoisotopic (exact) mass is 446 g/mol. The van der Waals surface area contributed by atoms with Crippen molar-refractivity contribution in [3.8, 4) is 0 Å². The van der Waals surface area contributed by atoms with Crippen molar-refractivity contribution >= 4 is 53.5 Å². The molecule has 0 heterocycles. The molecule has 0 aliphatic heterocycles. The number of rotatable bonds is 4. The molecule has 0 aliphatic carbocycles. The lowest BCUT2D eigenvalue weighted by atomic mass is 10.2. The van der Waals surface area contributed by atoms with E-state index in [0.29, 0.717) is 8.95 Å². The van der Waals surface area contributed by atoms with Crippen molar-refractivity contribution in [1.82, 2.24) is 0 Å². The second-order valence-electron chi connectivity index (χ2n) is 4.59. The molecule has 0 radical (unpaired) electrons. The summed E-state index contributed by atoms with van der Waals surface area (Å²) < 4.78 is 28.3. The average Bonchev–Trinajstić information content (AvgIpc) is 2.41. The van der Waals surface area contributed by atoms with E-state index in [1.54, 1.807) is 18.2 Å². The summed E-state index contributed by atoms with van der Waals surface area (Å²) in [5.41, 5.74) is 6.43. The Balaban J connectivity index is 2.50. The van der Waals surface area contributed by atoms with Gasteiger partial charge in [-0.2, -0.15) is 0 Å². The normalized spacial score (nSPS) is 11.2. The lowest BCUT2D eigenvalue weighted by Crippen LogP contribution is -2.19. The van der Waals surface area contributed by atoms with Crippen LogP contribution in [0.2, 0.25) is 0 Å². The number of nitrogens with one attached hydrogen (secondary N) is 1. The van der Waals surface area contributed by atoms with Gasteiger partial charge in [0, 0.05) is 8.95 Å². The van der Waals surface area contributed by atoms with Gasteiger partial charge in [-0.1, -0.05) is 33.6 Å². The third-order valence-electron chi connectivity index (χ3n) is 2.89. The number of sulfonamides is 1. The molecule has 0 aromatic heterocycles. The first kappa shape index (κ1) is 17.0. The molecule has 22 heavy (non-hydrogen) atoms. The highest BCUT2D eigenvalue weighted by molar-refractivity contribution is 9.11. The Bertz CT molecular complexity index is 834. The van der Waals surface area contributed by atoms with Gasteiger partial charge in [0.2, 0.25) is 0 Å².